The highest BCUT2D eigenvalue weighted by atomic mass is 79.9. The summed E-state index contributed by atoms with van der Waals surface area (Å²) in [6.07, 6.45) is 0. The van der Waals surface area contributed by atoms with Crippen LogP contribution in [0.2, 0.25) is 0 Å². The first kappa shape index (κ1) is 11.7. The standard InChI is InChI=1S/C8H10BrN3O3/c1-14-6-3-7(15-2)12-8(11-6)10-5(13)4-9/h3H,4H2,1-2H3,(H,10,11,12,13). The summed E-state index contributed by atoms with van der Waals surface area (Å²) in [5.41, 5.74) is 0. The van der Waals surface area contributed by atoms with E-state index >= 15 is 0 Å². The molecular weight excluding hydrogens is 266 g/mol. The number of hydrogen-bond donors (Lipinski definition) is 1. The van der Waals surface area contributed by atoms with Crippen LogP contribution in [0.5, 0.6) is 11.8 Å². The van der Waals surface area contributed by atoms with Gasteiger partial charge in [0.2, 0.25) is 23.6 Å². The van der Waals surface area contributed by atoms with Crippen LogP contribution < -0.4 is 14.8 Å². The van der Waals surface area contributed by atoms with E-state index in [4.69, 9.17) is 9.47 Å². The first-order valence-corrected chi connectivity index (χ1v) is 5.14. The Bertz CT molecular complexity index is 337. The lowest BCUT2D eigenvalue weighted by atomic mass is 10.6. The summed E-state index contributed by atoms with van der Waals surface area (Å²) in [7, 11) is 2.94. The predicted molar refractivity (Wildman–Crippen MR) is 57.6 cm³/mol. The third kappa shape index (κ3) is 3.35. The molecule has 1 amide bonds. The maximum atomic E-state index is 11.1. The van der Waals surface area contributed by atoms with Crippen molar-refractivity contribution in [1.82, 2.24) is 9.97 Å². The van der Waals surface area contributed by atoms with Gasteiger partial charge in [0.25, 0.3) is 0 Å². The van der Waals surface area contributed by atoms with E-state index in [1.54, 1.807) is 0 Å². The van der Waals surface area contributed by atoms with Gasteiger partial charge in [-0.05, 0) is 0 Å². The molecule has 0 aliphatic rings. The second-order valence-corrected chi connectivity index (χ2v) is 3.02. The Hall–Kier alpha value is -1.37. The zero-order valence-electron chi connectivity index (χ0n) is 8.28. The number of methoxy groups -OCH3 is 2. The lowest BCUT2D eigenvalue weighted by Gasteiger charge is -2.06. The minimum atomic E-state index is -0.245. The van der Waals surface area contributed by atoms with E-state index in [0.29, 0.717) is 11.8 Å². The zero-order chi connectivity index (χ0) is 11.3. The van der Waals surface area contributed by atoms with Crippen molar-refractivity contribution in [2.75, 3.05) is 24.9 Å². The molecule has 82 valence electrons. The maximum absolute atomic E-state index is 11.1. The summed E-state index contributed by atoms with van der Waals surface area (Å²) >= 11 is 3.01. The highest BCUT2D eigenvalue weighted by Gasteiger charge is 2.07. The number of hydrogen-bond acceptors (Lipinski definition) is 5. The van der Waals surface area contributed by atoms with Gasteiger partial charge in [0.1, 0.15) is 0 Å². The van der Waals surface area contributed by atoms with E-state index in [9.17, 15) is 4.79 Å². The molecule has 0 aliphatic heterocycles. The zero-order valence-corrected chi connectivity index (χ0v) is 9.87. The van der Waals surface area contributed by atoms with E-state index in [1.165, 1.54) is 20.3 Å². The summed E-state index contributed by atoms with van der Waals surface area (Å²) in [6.45, 7) is 0. The van der Waals surface area contributed by atoms with E-state index < -0.39 is 0 Å². The number of aromatic nitrogens is 2. The molecule has 0 spiro atoms. The highest BCUT2D eigenvalue weighted by Crippen LogP contribution is 2.17. The van der Waals surface area contributed by atoms with Gasteiger partial charge in [0.05, 0.1) is 25.6 Å². The number of carbonyl (C=O) groups excluding carboxylic acids is 1. The number of nitrogens with one attached hydrogen (secondary N) is 1. The van der Waals surface area contributed by atoms with Crippen LogP contribution in [0.3, 0.4) is 0 Å². The number of rotatable bonds is 4. The quantitative estimate of drug-likeness (QED) is 0.824. The van der Waals surface area contributed by atoms with Crippen molar-refractivity contribution in [3.63, 3.8) is 0 Å². The second-order valence-electron chi connectivity index (χ2n) is 2.46. The van der Waals surface area contributed by atoms with Crippen LogP contribution in [0.25, 0.3) is 0 Å². The average Bonchev–Trinajstić information content (AvgIpc) is 2.28. The lowest BCUT2D eigenvalue weighted by Crippen LogP contribution is -2.15. The molecule has 15 heavy (non-hydrogen) atoms. The van der Waals surface area contributed by atoms with E-state index in [-0.39, 0.29) is 17.2 Å². The molecule has 6 nitrogen and oxygen atoms in total. The van der Waals surface area contributed by atoms with Crippen molar-refractivity contribution < 1.29 is 14.3 Å². The fraction of sp³-hybridized carbons (Fsp3) is 0.375. The van der Waals surface area contributed by atoms with Crippen molar-refractivity contribution in [2.45, 2.75) is 0 Å². The van der Waals surface area contributed by atoms with Crippen molar-refractivity contribution in [2.24, 2.45) is 0 Å². The molecule has 0 unspecified atom stereocenters. The van der Waals surface area contributed by atoms with E-state index in [2.05, 4.69) is 31.2 Å². The first-order chi connectivity index (χ1) is 7.19. The van der Waals surface area contributed by atoms with Crippen LogP contribution in [0, 0.1) is 0 Å². The number of alkyl halides is 1. The molecule has 1 aromatic rings. The minimum Gasteiger partial charge on any atom is -0.481 e. The molecule has 0 fully saturated rings. The van der Waals surface area contributed by atoms with Crippen molar-refractivity contribution in [3.05, 3.63) is 6.07 Å². The van der Waals surface area contributed by atoms with E-state index in [0.717, 1.165) is 0 Å². The molecule has 1 heterocycles. The Labute approximate surface area is 95.1 Å². The van der Waals surface area contributed by atoms with Crippen LogP contribution >= 0.6 is 15.9 Å². The van der Waals surface area contributed by atoms with Crippen LogP contribution in [0.4, 0.5) is 5.95 Å². The molecule has 0 bridgehead atoms. The number of amides is 1. The summed E-state index contributed by atoms with van der Waals surface area (Å²) in [6, 6.07) is 1.52. The normalized spacial score (nSPS) is 9.53. The van der Waals surface area contributed by atoms with Gasteiger partial charge in [-0.3, -0.25) is 10.1 Å². The van der Waals surface area contributed by atoms with Gasteiger partial charge in [-0.25, -0.2) is 0 Å². The van der Waals surface area contributed by atoms with Crippen molar-refractivity contribution in [1.29, 1.82) is 0 Å². The van der Waals surface area contributed by atoms with Crippen LogP contribution in [-0.4, -0.2) is 35.4 Å². The molecule has 0 radical (unpaired) electrons. The minimum absolute atomic E-state index is 0.149. The number of halogens is 1. The molecule has 0 atom stereocenters. The third-order valence-electron chi connectivity index (χ3n) is 1.47. The molecular formula is C8H10BrN3O3. The maximum Gasteiger partial charge on any atom is 0.237 e. The van der Waals surface area contributed by atoms with Gasteiger partial charge < -0.3 is 9.47 Å². The summed E-state index contributed by atoms with van der Waals surface area (Å²) in [5, 5.41) is 2.65. The van der Waals surface area contributed by atoms with Gasteiger partial charge in [-0.15, -0.1) is 0 Å². The SMILES string of the molecule is COc1cc(OC)nc(NC(=O)CBr)n1. The third-order valence-corrected chi connectivity index (χ3v) is 1.98. The van der Waals surface area contributed by atoms with Crippen LogP contribution in [-0.2, 0) is 4.79 Å². The van der Waals surface area contributed by atoms with Gasteiger partial charge in [0.15, 0.2) is 0 Å². The Kier molecular flexibility index (Phi) is 4.29. The van der Waals surface area contributed by atoms with Crippen LogP contribution in [0.15, 0.2) is 6.07 Å². The van der Waals surface area contributed by atoms with Gasteiger partial charge >= 0.3 is 0 Å². The molecule has 0 aromatic carbocycles. The Balaban J connectivity index is 2.91. The highest BCUT2D eigenvalue weighted by molar-refractivity contribution is 9.09. The van der Waals surface area contributed by atoms with E-state index in [1.807, 2.05) is 0 Å². The lowest BCUT2D eigenvalue weighted by molar-refractivity contribution is -0.113. The summed E-state index contributed by atoms with van der Waals surface area (Å²) in [5.74, 6) is 0.555. The van der Waals surface area contributed by atoms with Crippen LogP contribution in [0.1, 0.15) is 0 Å². The first-order valence-electron chi connectivity index (χ1n) is 4.02. The monoisotopic (exact) mass is 275 g/mol. The molecule has 1 N–H and O–H groups in total. The Morgan fingerprint density at radius 2 is 1.93 bits per heavy atom. The van der Waals surface area contributed by atoms with Crippen molar-refractivity contribution >= 4 is 27.8 Å². The average molecular weight is 276 g/mol. The number of anilines is 1. The van der Waals surface area contributed by atoms with Crippen molar-refractivity contribution in [3.8, 4) is 11.8 Å². The number of nitrogens with zero attached hydrogens (tertiary/aromatic N) is 2. The predicted octanol–water partition coefficient (Wildman–Crippen LogP) is 0.827. The smallest absolute Gasteiger partial charge is 0.237 e. The Morgan fingerprint density at radius 3 is 2.33 bits per heavy atom. The topological polar surface area (TPSA) is 73.3 Å². The van der Waals surface area contributed by atoms with Gasteiger partial charge in [0, 0.05) is 0 Å². The fourth-order valence-electron chi connectivity index (χ4n) is 0.827. The molecule has 1 aromatic heterocycles. The molecule has 7 heteroatoms. The fourth-order valence-corrected chi connectivity index (χ4v) is 0.967. The van der Waals surface area contributed by atoms with Gasteiger partial charge in [-0.2, -0.15) is 9.97 Å². The molecule has 0 aliphatic carbocycles. The Morgan fingerprint density at radius 1 is 1.40 bits per heavy atom. The molecule has 1 rings (SSSR count). The van der Waals surface area contributed by atoms with Gasteiger partial charge in [-0.1, -0.05) is 15.9 Å². The largest absolute Gasteiger partial charge is 0.481 e. The summed E-state index contributed by atoms with van der Waals surface area (Å²) < 4.78 is 9.84. The summed E-state index contributed by atoms with van der Waals surface area (Å²) in [4.78, 5) is 18.9. The molecule has 0 saturated heterocycles. The number of carbonyl (C=O) groups is 1. The molecule has 0 saturated carbocycles. The second kappa shape index (κ2) is 5.50. The number of ether oxygens (including phenoxy) is 2.